The standard InChI is InChI=1S/C22H24F3N5O3S/c1-12(2)21(17(11-26)19(27)33-20-18(21)13(3)28-29-20)14-8-15(22(23,24)25)10-16(9-14)30-6-4-5-7-34(30,31)32/h8-10,12H,4-7,27H2,1-3H3,(H,28,29). The van der Waals surface area contributed by atoms with Crippen molar-refractivity contribution in [3.8, 4) is 11.9 Å². The Labute approximate surface area is 195 Å². The van der Waals surface area contributed by atoms with E-state index in [0.29, 0.717) is 24.1 Å². The largest absolute Gasteiger partial charge is 0.420 e. The lowest BCUT2D eigenvalue weighted by Crippen LogP contribution is -2.42. The van der Waals surface area contributed by atoms with Gasteiger partial charge in [-0.3, -0.25) is 9.40 Å². The van der Waals surface area contributed by atoms with E-state index >= 15 is 0 Å². The molecule has 4 rings (SSSR count). The quantitative estimate of drug-likeness (QED) is 0.669. The molecule has 8 nitrogen and oxygen atoms in total. The van der Waals surface area contributed by atoms with Crippen LogP contribution in [0, 0.1) is 24.2 Å². The second-order valence-corrected chi connectivity index (χ2v) is 10.8. The number of anilines is 1. The maximum absolute atomic E-state index is 14.1. The summed E-state index contributed by atoms with van der Waals surface area (Å²) < 4.78 is 74.2. The fourth-order valence-electron chi connectivity index (χ4n) is 4.99. The number of nitrogens with zero attached hydrogens (tertiary/aromatic N) is 3. The number of halogens is 3. The molecule has 2 aliphatic heterocycles. The van der Waals surface area contributed by atoms with Crippen molar-refractivity contribution in [2.45, 2.75) is 45.2 Å². The number of nitriles is 1. The Morgan fingerprint density at radius 2 is 2.00 bits per heavy atom. The van der Waals surface area contributed by atoms with E-state index in [-0.39, 0.29) is 40.9 Å². The van der Waals surface area contributed by atoms with Gasteiger partial charge in [0.05, 0.1) is 28.0 Å². The number of aromatic amines is 1. The van der Waals surface area contributed by atoms with Crippen molar-refractivity contribution in [1.82, 2.24) is 10.2 Å². The number of ether oxygens (including phenoxy) is 1. The molecule has 1 aromatic carbocycles. The van der Waals surface area contributed by atoms with Crippen molar-refractivity contribution in [3.63, 3.8) is 0 Å². The van der Waals surface area contributed by atoms with Crippen LogP contribution in [0.4, 0.5) is 18.9 Å². The van der Waals surface area contributed by atoms with Gasteiger partial charge in [0, 0.05) is 12.2 Å². The van der Waals surface area contributed by atoms with E-state index in [0.717, 1.165) is 16.4 Å². The van der Waals surface area contributed by atoms with Gasteiger partial charge >= 0.3 is 6.18 Å². The Morgan fingerprint density at radius 1 is 1.29 bits per heavy atom. The molecule has 34 heavy (non-hydrogen) atoms. The fourth-order valence-corrected chi connectivity index (χ4v) is 6.61. The SMILES string of the molecule is Cc1[nH]nc2c1C(c1cc(N3CCCCS3(=O)=O)cc(C(F)(F)F)c1)(C(C)C)C(C#N)=C(N)O2. The molecule has 2 aliphatic rings. The normalized spacial score (nSPS) is 22.4. The van der Waals surface area contributed by atoms with Gasteiger partial charge in [-0.2, -0.15) is 18.4 Å². The highest BCUT2D eigenvalue weighted by atomic mass is 32.2. The Kier molecular flexibility index (Phi) is 5.59. The molecule has 2 aromatic rings. The molecule has 1 unspecified atom stereocenters. The molecule has 182 valence electrons. The van der Waals surface area contributed by atoms with Crippen molar-refractivity contribution in [2.24, 2.45) is 11.7 Å². The lowest BCUT2D eigenvalue weighted by molar-refractivity contribution is -0.137. The minimum absolute atomic E-state index is 0.0623. The average molecular weight is 496 g/mol. The number of rotatable bonds is 3. The zero-order valence-corrected chi connectivity index (χ0v) is 19.6. The molecule has 0 amide bonds. The number of nitrogens with two attached hydrogens (primary N) is 1. The summed E-state index contributed by atoms with van der Waals surface area (Å²) in [5.74, 6) is -0.829. The molecule has 1 aromatic heterocycles. The van der Waals surface area contributed by atoms with E-state index in [4.69, 9.17) is 10.5 Å². The third kappa shape index (κ3) is 3.50. The molecule has 0 aliphatic carbocycles. The molecule has 1 atom stereocenters. The smallest absolute Gasteiger partial charge is 0.416 e. The molecule has 12 heteroatoms. The molecule has 1 saturated heterocycles. The van der Waals surface area contributed by atoms with Gasteiger partial charge in [0.2, 0.25) is 21.8 Å². The van der Waals surface area contributed by atoms with Crippen molar-refractivity contribution < 1.29 is 26.3 Å². The summed E-state index contributed by atoms with van der Waals surface area (Å²) in [5.41, 5.74) is 4.38. The van der Waals surface area contributed by atoms with Crippen LogP contribution < -0.4 is 14.8 Å². The summed E-state index contributed by atoms with van der Waals surface area (Å²) in [7, 11) is -3.79. The summed E-state index contributed by atoms with van der Waals surface area (Å²) in [5, 5.41) is 16.9. The minimum atomic E-state index is -4.76. The summed E-state index contributed by atoms with van der Waals surface area (Å²) in [6, 6.07) is 5.22. The van der Waals surface area contributed by atoms with Crippen molar-refractivity contribution in [1.29, 1.82) is 5.26 Å². The Bertz CT molecular complexity index is 1320. The second-order valence-electron chi connectivity index (χ2n) is 8.81. The van der Waals surface area contributed by atoms with E-state index in [1.165, 1.54) is 6.07 Å². The molecule has 0 radical (unpaired) electrons. The first-order valence-corrected chi connectivity index (χ1v) is 12.3. The topological polar surface area (TPSA) is 125 Å². The lowest BCUT2D eigenvalue weighted by Gasteiger charge is -2.41. The van der Waals surface area contributed by atoms with Crippen LogP contribution in [0.3, 0.4) is 0 Å². The summed E-state index contributed by atoms with van der Waals surface area (Å²) in [6.07, 6.45) is -3.80. The monoisotopic (exact) mass is 495 g/mol. The van der Waals surface area contributed by atoms with Crippen LogP contribution in [0.5, 0.6) is 5.88 Å². The number of allylic oxidation sites excluding steroid dienone is 1. The van der Waals surface area contributed by atoms with Crippen molar-refractivity contribution in [3.05, 3.63) is 52.0 Å². The van der Waals surface area contributed by atoms with Crippen molar-refractivity contribution >= 4 is 15.7 Å². The Morgan fingerprint density at radius 3 is 2.59 bits per heavy atom. The number of H-pyrrole nitrogens is 1. The molecule has 1 fully saturated rings. The van der Waals surface area contributed by atoms with Gasteiger partial charge in [-0.1, -0.05) is 13.8 Å². The zero-order chi connectivity index (χ0) is 25.1. The molecule has 0 spiro atoms. The number of fused-ring (bicyclic) bond motifs is 1. The summed E-state index contributed by atoms with van der Waals surface area (Å²) >= 11 is 0. The predicted molar refractivity (Wildman–Crippen MR) is 118 cm³/mol. The van der Waals surface area contributed by atoms with Gasteiger partial charge in [-0.15, -0.1) is 5.10 Å². The van der Waals surface area contributed by atoms with Crippen LogP contribution in [0.1, 0.15) is 49.1 Å². The van der Waals surface area contributed by atoms with Crippen LogP contribution in [-0.4, -0.2) is 30.9 Å². The number of nitrogens with one attached hydrogen (secondary N) is 1. The number of alkyl halides is 3. The Balaban J connectivity index is 2.11. The number of benzene rings is 1. The van der Waals surface area contributed by atoms with Crippen LogP contribution in [0.25, 0.3) is 0 Å². The van der Waals surface area contributed by atoms with E-state index in [1.54, 1.807) is 20.8 Å². The first kappa shape index (κ1) is 23.9. The molecule has 3 heterocycles. The van der Waals surface area contributed by atoms with E-state index < -0.39 is 33.1 Å². The summed E-state index contributed by atoms with van der Waals surface area (Å²) in [4.78, 5) is 0. The zero-order valence-electron chi connectivity index (χ0n) is 18.8. The van der Waals surface area contributed by atoms with Gasteiger partial charge in [-0.05, 0) is 49.4 Å². The van der Waals surface area contributed by atoms with E-state index in [1.807, 2.05) is 6.07 Å². The highest BCUT2D eigenvalue weighted by Crippen LogP contribution is 2.53. The second kappa shape index (κ2) is 7.94. The Hall–Kier alpha value is -3.20. The van der Waals surface area contributed by atoms with Gasteiger partial charge in [0.15, 0.2) is 0 Å². The third-order valence-corrected chi connectivity index (χ3v) is 8.34. The van der Waals surface area contributed by atoms with Crippen LogP contribution in [-0.2, 0) is 21.6 Å². The number of aromatic nitrogens is 2. The first-order chi connectivity index (χ1) is 15.8. The fraction of sp³-hybridized carbons (Fsp3) is 0.455. The number of hydrogen-bond donors (Lipinski definition) is 2. The summed E-state index contributed by atoms with van der Waals surface area (Å²) in [6.45, 7) is 5.25. The average Bonchev–Trinajstić information content (AvgIpc) is 3.11. The van der Waals surface area contributed by atoms with E-state index in [9.17, 15) is 26.9 Å². The van der Waals surface area contributed by atoms with Gasteiger partial charge in [0.1, 0.15) is 11.6 Å². The molecule has 0 saturated carbocycles. The highest BCUT2D eigenvalue weighted by molar-refractivity contribution is 7.92. The van der Waals surface area contributed by atoms with Gasteiger partial charge in [0.25, 0.3) is 0 Å². The maximum atomic E-state index is 14.1. The predicted octanol–water partition coefficient (Wildman–Crippen LogP) is 3.70. The van der Waals surface area contributed by atoms with Crippen molar-refractivity contribution in [2.75, 3.05) is 16.6 Å². The van der Waals surface area contributed by atoms with Gasteiger partial charge < -0.3 is 10.5 Å². The number of aryl methyl sites for hydroxylation is 1. The molecule has 3 N–H and O–H groups in total. The van der Waals surface area contributed by atoms with E-state index in [2.05, 4.69) is 10.2 Å². The molecule has 0 bridgehead atoms. The lowest BCUT2D eigenvalue weighted by atomic mass is 9.61. The van der Waals surface area contributed by atoms with Crippen LogP contribution in [0.2, 0.25) is 0 Å². The third-order valence-electron chi connectivity index (χ3n) is 6.47. The number of hydrogen-bond acceptors (Lipinski definition) is 6. The highest BCUT2D eigenvalue weighted by Gasteiger charge is 2.51. The van der Waals surface area contributed by atoms with Crippen LogP contribution in [0.15, 0.2) is 29.7 Å². The maximum Gasteiger partial charge on any atom is 0.416 e. The molecular formula is C22H24F3N5O3S. The first-order valence-electron chi connectivity index (χ1n) is 10.7. The minimum Gasteiger partial charge on any atom is -0.420 e. The number of sulfonamides is 1. The van der Waals surface area contributed by atoms with Crippen LogP contribution >= 0.6 is 0 Å². The van der Waals surface area contributed by atoms with Gasteiger partial charge in [-0.25, -0.2) is 8.42 Å². The molecular weight excluding hydrogens is 471 g/mol.